The van der Waals surface area contributed by atoms with Crippen LogP contribution in [0.25, 0.3) is 0 Å². The lowest BCUT2D eigenvalue weighted by atomic mass is 9.97. The SMILES string of the molecule is COc1cc(CNCCC2=CCCCC2)ccc1OCc1ccc(F)cc1. The average Bonchev–Trinajstić information content (AvgIpc) is 2.72. The maximum atomic E-state index is 13.0. The number of ether oxygens (including phenoxy) is 2. The van der Waals surface area contributed by atoms with E-state index in [-0.39, 0.29) is 5.82 Å². The second-order valence-electron chi connectivity index (χ2n) is 6.94. The van der Waals surface area contributed by atoms with Crippen LogP contribution in [0.5, 0.6) is 11.5 Å². The number of hydrogen-bond acceptors (Lipinski definition) is 3. The van der Waals surface area contributed by atoms with Crippen molar-refractivity contribution in [3.63, 3.8) is 0 Å². The maximum Gasteiger partial charge on any atom is 0.161 e. The zero-order valence-corrected chi connectivity index (χ0v) is 16.0. The minimum Gasteiger partial charge on any atom is -0.493 e. The summed E-state index contributed by atoms with van der Waals surface area (Å²) in [7, 11) is 1.65. The summed E-state index contributed by atoms with van der Waals surface area (Å²) in [4.78, 5) is 0. The minimum atomic E-state index is -0.243. The van der Waals surface area contributed by atoms with Crippen molar-refractivity contribution in [2.75, 3.05) is 13.7 Å². The van der Waals surface area contributed by atoms with Gasteiger partial charge in [0.2, 0.25) is 0 Å². The lowest BCUT2D eigenvalue weighted by Gasteiger charge is -2.14. The number of benzene rings is 2. The van der Waals surface area contributed by atoms with Crippen molar-refractivity contribution in [2.24, 2.45) is 0 Å². The largest absolute Gasteiger partial charge is 0.493 e. The molecule has 0 bridgehead atoms. The van der Waals surface area contributed by atoms with Gasteiger partial charge in [-0.3, -0.25) is 0 Å². The molecule has 2 aromatic rings. The van der Waals surface area contributed by atoms with E-state index in [4.69, 9.17) is 9.47 Å². The molecule has 0 saturated carbocycles. The molecule has 2 aromatic carbocycles. The molecular weight excluding hydrogens is 341 g/mol. The summed E-state index contributed by atoms with van der Waals surface area (Å²) in [5.74, 6) is 1.16. The Morgan fingerprint density at radius 3 is 2.56 bits per heavy atom. The fourth-order valence-electron chi connectivity index (χ4n) is 3.30. The van der Waals surface area contributed by atoms with E-state index in [0.29, 0.717) is 18.1 Å². The van der Waals surface area contributed by atoms with Crippen LogP contribution in [0.4, 0.5) is 4.39 Å². The molecular formula is C23H28FNO2. The molecule has 0 atom stereocenters. The van der Waals surface area contributed by atoms with Gasteiger partial charge in [-0.15, -0.1) is 0 Å². The molecule has 27 heavy (non-hydrogen) atoms. The van der Waals surface area contributed by atoms with Gasteiger partial charge < -0.3 is 14.8 Å². The highest BCUT2D eigenvalue weighted by Crippen LogP contribution is 2.29. The molecule has 0 radical (unpaired) electrons. The number of allylic oxidation sites excluding steroid dienone is 1. The van der Waals surface area contributed by atoms with Gasteiger partial charge in [-0.1, -0.05) is 29.8 Å². The second-order valence-corrected chi connectivity index (χ2v) is 6.94. The van der Waals surface area contributed by atoms with Crippen LogP contribution in [0.1, 0.15) is 43.2 Å². The van der Waals surface area contributed by atoms with Gasteiger partial charge >= 0.3 is 0 Å². The van der Waals surface area contributed by atoms with Gasteiger partial charge in [-0.05, 0) is 74.0 Å². The summed E-state index contributed by atoms with van der Waals surface area (Å²) in [6.45, 7) is 2.18. The van der Waals surface area contributed by atoms with E-state index in [1.807, 2.05) is 12.1 Å². The van der Waals surface area contributed by atoms with E-state index in [1.54, 1.807) is 24.8 Å². The molecule has 0 fully saturated rings. The summed E-state index contributed by atoms with van der Waals surface area (Å²) in [6.07, 6.45) is 8.72. The molecule has 0 unspecified atom stereocenters. The van der Waals surface area contributed by atoms with Gasteiger partial charge in [0.25, 0.3) is 0 Å². The predicted octanol–water partition coefficient (Wildman–Crippen LogP) is 5.39. The Labute approximate surface area is 161 Å². The van der Waals surface area contributed by atoms with E-state index < -0.39 is 0 Å². The summed E-state index contributed by atoms with van der Waals surface area (Å²) in [6, 6.07) is 12.3. The number of rotatable bonds is 9. The molecule has 4 heteroatoms. The Balaban J connectivity index is 1.49. The Kier molecular flexibility index (Phi) is 7.28. The molecule has 3 nitrogen and oxygen atoms in total. The first-order valence-corrected chi connectivity index (χ1v) is 9.67. The lowest BCUT2D eigenvalue weighted by Crippen LogP contribution is -2.15. The molecule has 0 heterocycles. The van der Waals surface area contributed by atoms with Crippen LogP contribution in [0.2, 0.25) is 0 Å². The smallest absolute Gasteiger partial charge is 0.161 e. The number of halogens is 1. The monoisotopic (exact) mass is 369 g/mol. The molecule has 3 rings (SSSR count). The highest BCUT2D eigenvalue weighted by Gasteiger charge is 2.07. The van der Waals surface area contributed by atoms with Gasteiger partial charge in [0, 0.05) is 6.54 Å². The van der Waals surface area contributed by atoms with Gasteiger partial charge in [0.15, 0.2) is 11.5 Å². The quantitative estimate of drug-likeness (QED) is 0.475. The van der Waals surface area contributed by atoms with Gasteiger partial charge in [-0.2, -0.15) is 0 Å². The molecule has 144 valence electrons. The highest BCUT2D eigenvalue weighted by atomic mass is 19.1. The molecule has 1 aliphatic rings. The molecule has 0 aromatic heterocycles. The topological polar surface area (TPSA) is 30.5 Å². The molecule has 1 aliphatic carbocycles. The second kappa shape index (κ2) is 10.1. The molecule has 0 aliphatic heterocycles. The van der Waals surface area contributed by atoms with Crippen LogP contribution in [0, 0.1) is 5.82 Å². The zero-order chi connectivity index (χ0) is 18.9. The zero-order valence-electron chi connectivity index (χ0n) is 16.0. The first-order chi connectivity index (χ1) is 13.2. The molecule has 0 amide bonds. The maximum absolute atomic E-state index is 13.0. The van der Waals surface area contributed by atoms with Crippen molar-refractivity contribution in [1.82, 2.24) is 5.32 Å². The summed E-state index contributed by atoms with van der Waals surface area (Å²) in [5.41, 5.74) is 3.68. The Bertz CT molecular complexity index is 755. The van der Waals surface area contributed by atoms with Crippen LogP contribution in [-0.4, -0.2) is 13.7 Å². The number of methoxy groups -OCH3 is 1. The average molecular weight is 369 g/mol. The summed E-state index contributed by atoms with van der Waals surface area (Å²) >= 11 is 0. The van der Waals surface area contributed by atoms with Crippen molar-refractivity contribution >= 4 is 0 Å². The first-order valence-electron chi connectivity index (χ1n) is 9.67. The normalized spacial score (nSPS) is 13.9. The van der Waals surface area contributed by atoms with Gasteiger partial charge in [0.1, 0.15) is 12.4 Å². The highest BCUT2D eigenvalue weighted by molar-refractivity contribution is 5.43. The van der Waals surface area contributed by atoms with E-state index in [9.17, 15) is 4.39 Å². The van der Waals surface area contributed by atoms with Crippen molar-refractivity contribution in [3.05, 3.63) is 71.1 Å². The Morgan fingerprint density at radius 2 is 1.81 bits per heavy atom. The molecule has 1 N–H and O–H groups in total. The third kappa shape index (κ3) is 6.10. The number of hydrogen-bond donors (Lipinski definition) is 1. The molecule has 0 saturated heterocycles. The Hall–Kier alpha value is -2.33. The van der Waals surface area contributed by atoms with Crippen molar-refractivity contribution in [2.45, 2.75) is 45.3 Å². The van der Waals surface area contributed by atoms with E-state index in [2.05, 4.69) is 17.5 Å². The van der Waals surface area contributed by atoms with Crippen molar-refractivity contribution < 1.29 is 13.9 Å². The van der Waals surface area contributed by atoms with Gasteiger partial charge in [-0.25, -0.2) is 4.39 Å². The van der Waals surface area contributed by atoms with Crippen LogP contribution in [0.3, 0.4) is 0 Å². The fraction of sp³-hybridized carbons (Fsp3) is 0.391. The first kappa shape index (κ1) is 19.4. The standard InChI is InChI=1S/C23H28FNO2/c1-26-23-15-20(16-25-14-13-18-5-3-2-4-6-18)9-12-22(23)27-17-19-7-10-21(24)11-8-19/h5,7-12,15,25H,2-4,6,13-14,16-17H2,1H3. The van der Waals surface area contributed by atoms with Crippen LogP contribution < -0.4 is 14.8 Å². The van der Waals surface area contributed by atoms with Crippen LogP contribution >= 0.6 is 0 Å². The molecule has 0 spiro atoms. The summed E-state index contributed by atoms with van der Waals surface area (Å²) < 4.78 is 24.3. The van der Waals surface area contributed by atoms with E-state index in [0.717, 1.165) is 25.1 Å². The van der Waals surface area contributed by atoms with Gasteiger partial charge in [0.05, 0.1) is 7.11 Å². The predicted molar refractivity (Wildman–Crippen MR) is 107 cm³/mol. The van der Waals surface area contributed by atoms with Crippen LogP contribution in [0.15, 0.2) is 54.1 Å². The van der Waals surface area contributed by atoms with Crippen molar-refractivity contribution in [1.29, 1.82) is 0 Å². The van der Waals surface area contributed by atoms with Crippen molar-refractivity contribution in [3.8, 4) is 11.5 Å². The third-order valence-corrected chi connectivity index (χ3v) is 4.87. The van der Waals surface area contributed by atoms with Crippen LogP contribution in [-0.2, 0) is 13.2 Å². The fourth-order valence-corrected chi connectivity index (χ4v) is 3.30. The number of nitrogens with one attached hydrogen (secondary N) is 1. The van der Waals surface area contributed by atoms with E-state index >= 15 is 0 Å². The van der Waals surface area contributed by atoms with E-state index in [1.165, 1.54) is 43.4 Å². The Morgan fingerprint density at radius 1 is 1.00 bits per heavy atom. The summed E-state index contributed by atoms with van der Waals surface area (Å²) in [5, 5.41) is 3.51. The lowest BCUT2D eigenvalue weighted by molar-refractivity contribution is 0.284. The minimum absolute atomic E-state index is 0.243. The third-order valence-electron chi connectivity index (χ3n) is 4.87.